The maximum absolute atomic E-state index is 4.40. The molecule has 4 nitrogen and oxygen atoms in total. The fourth-order valence-electron chi connectivity index (χ4n) is 1.23. The van der Waals surface area contributed by atoms with E-state index in [1.807, 2.05) is 13.8 Å². The number of nitrogens with zero attached hydrogens (tertiary/aromatic N) is 3. The van der Waals surface area contributed by atoms with Crippen LogP contribution >= 0.6 is 0 Å². The van der Waals surface area contributed by atoms with Crippen molar-refractivity contribution in [3.8, 4) is 0 Å². The molecule has 0 aliphatic rings. The van der Waals surface area contributed by atoms with Gasteiger partial charge in [0.1, 0.15) is 5.82 Å². The summed E-state index contributed by atoms with van der Waals surface area (Å²) in [5.41, 5.74) is 1.91. The molecule has 0 unspecified atom stereocenters. The molecule has 1 N–H and O–H groups in total. The molecule has 0 aliphatic heterocycles. The van der Waals surface area contributed by atoms with E-state index in [0.717, 1.165) is 36.8 Å². The summed E-state index contributed by atoms with van der Waals surface area (Å²) in [5, 5.41) is 3.30. The van der Waals surface area contributed by atoms with E-state index < -0.39 is 0 Å². The lowest BCUT2D eigenvalue weighted by atomic mass is 10.4. The molecule has 4 heteroatoms. The molecule has 1 aromatic heterocycles. The smallest absolute Gasteiger partial charge is 0.147 e. The van der Waals surface area contributed by atoms with Crippen LogP contribution in [0.25, 0.3) is 0 Å². The Morgan fingerprint density at radius 2 is 2.13 bits per heavy atom. The molecular weight excluding hydrogens is 188 g/mol. The molecule has 0 amide bonds. The van der Waals surface area contributed by atoms with Gasteiger partial charge in [-0.3, -0.25) is 4.98 Å². The lowest BCUT2D eigenvalue weighted by molar-refractivity contribution is 0.367. The van der Waals surface area contributed by atoms with Gasteiger partial charge in [-0.05, 0) is 27.4 Å². The monoisotopic (exact) mass is 208 g/mol. The highest BCUT2D eigenvalue weighted by molar-refractivity contribution is 5.39. The van der Waals surface area contributed by atoms with Crippen LogP contribution in [-0.4, -0.2) is 41.5 Å². The minimum atomic E-state index is 0.902. The molecule has 0 aliphatic carbocycles. The van der Waals surface area contributed by atoms with Gasteiger partial charge in [0, 0.05) is 19.3 Å². The maximum atomic E-state index is 4.40. The normalized spacial score (nSPS) is 10.7. The molecular formula is C11H20N4. The lowest BCUT2D eigenvalue weighted by Gasteiger charge is -2.15. The molecule has 1 rings (SSSR count). The highest BCUT2D eigenvalue weighted by atomic mass is 15.1. The third kappa shape index (κ3) is 3.83. The summed E-state index contributed by atoms with van der Waals surface area (Å²) in [4.78, 5) is 10.9. The highest BCUT2D eigenvalue weighted by Gasteiger charge is 2.01. The number of nitrogens with one attached hydrogen (secondary N) is 1. The summed E-state index contributed by atoms with van der Waals surface area (Å²) >= 11 is 0. The zero-order valence-electron chi connectivity index (χ0n) is 10.0. The Bertz CT molecular complexity index is 311. The number of rotatable bonds is 5. The molecule has 0 radical (unpaired) electrons. The predicted octanol–water partition coefficient (Wildman–Crippen LogP) is 1.46. The first-order chi connectivity index (χ1) is 7.13. The van der Waals surface area contributed by atoms with Crippen LogP contribution in [0.5, 0.6) is 0 Å². The average molecular weight is 208 g/mol. The predicted molar refractivity (Wildman–Crippen MR) is 63.2 cm³/mol. The highest BCUT2D eigenvalue weighted by Crippen LogP contribution is 2.07. The van der Waals surface area contributed by atoms with Crippen LogP contribution < -0.4 is 5.32 Å². The van der Waals surface area contributed by atoms with Crippen LogP contribution in [0.15, 0.2) is 6.20 Å². The van der Waals surface area contributed by atoms with E-state index in [4.69, 9.17) is 0 Å². The second-order valence-electron chi connectivity index (χ2n) is 3.77. The van der Waals surface area contributed by atoms with Crippen molar-refractivity contribution in [2.45, 2.75) is 20.8 Å². The van der Waals surface area contributed by atoms with Crippen molar-refractivity contribution in [3.63, 3.8) is 0 Å². The second-order valence-corrected chi connectivity index (χ2v) is 3.77. The lowest BCUT2D eigenvalue weighted by Crippen LogP contribution is -2.25. The molecule has 1 heterocycles. The van der Waals surface area contributed by atoms with E-state index in [1.54, 1.807) is 6.20 Å². The number of aromatic nitrogens is 2. The molecule has 0 aromatic carbocycles. The Kier molecular flexibility index (Phi) is 4.49. The second kappa shape index (κ2) is 5.66. The van der Waals surface area contributed by atoms with Gasteiger partial charge >= 0.3 is 0 Å². The Hall–Kier alpha value is -1.16. The van der Waals surface area contributed by atoms with E-state index >= 15 is 0 Å². The number of hydrogen-bond acceptors (Lipinski definition) is 4. The molecule has 0 spiro atoms. The largest absolute Gasteiger partial charge is 0.367 e. The number of likely N-dealkylation sites (N-methyl/N-ethyl adjacent to an activating group) is 1. The molecule has 0 saturated heterocycles. The van der Waals surface area contributed by atoms with Crippen LogP contribution in [0.1, 0.15) is 18.3 Å². The number of aryl methyl sites for hydroxylation is 2. The van der Waals surface area contributed by atoms with Crippen LogP contribution in [0.4, 0.5) is 5.82 Å². The van der Waals surface area contributed by atoms with Crippen molar-refractivity contribution in [2.24, 2.45) is 0 Å². The van der Waals surface area contributed by atoms with Crippen LogP contribution in [0.2, 0.25) is 0 Å². The fourth-order valence-corrected chi connectivity index (χ4v) is 1.23. The summed E-state index contributed by atoms with van der Waals surface area (Å²) < 4.78 is 0. The number of hydrogen-bond donors (Lipinski definition) is 1. The third-order valence-electron chi connectivity index (χ3n) is 2.40. The first-order valence-electron chi connectivity index (χ1n) is 5.36. The van der Waals surface area contributed by atoms with Crippen LogP contribution in [-0.2, 0) is 0 Å². The maximum Gasteiger partial charge on any atom is 0.147 e. The number of anilines is 1. The topological polar surface area (TPSA) is 41.0 Å². The van der Waals surface area contributed by atoms with Gasteiger partial charge < -0.3 is 10.2 Å². The molecule has 0 saturated carbocycles. The fraction of sp³-hybridized carbons (Fsp3) is 0.636. The van der Waals surface area contributed by atoms with Gasteiger partial charge in [-0.25, -0.2) is 4.98 Å². The van der Waals surface area contributed by atoms with Crippen molar-refractivity contribution in [3.05, 3.63) is 17.6 Å². The molecule has 84 valence electrons. The molecule has 1 aromatic rings. The van der Waals surface area contributed by atoms with Gasteiger partial charge in [0.2, 0.25) is 0 Å². The van der Waals surface area contributed by atoms with Crippen molar-refractivity contribution in [1.29, 1.82) is 0 Å². The van der Waals surface area contributed by atoms with E-state index in [0.29, 0.717) is 0 Å². The molecule has 0 bridgehead atoms. The van der Waals surface area contributed by atoms with Gasteiger partial charge in [-0.2, -0.15) is 0 Å². The summed E-state index contributed by atoms with van der Waals surface area (Å²) in [6.07, 6.45) is 1.79. The Balaban J connectivity index is 2.46. The van der Waals surface area contributed by atoms with Crippen LogP contribution in [0, 0.1) is 13.8 Å². The molecule has 0 atom stereocenters. The van der Waals surface area contributed by atoms with E-state index in [-0.39, 0.29) is 0 Å². The van der Waals surface area contributed by atoms with E-state index in [2.05, 4.69) is 34.2 Å². The summed E-state index contributed by atoms with van der Waals surface area (Å²) in [5.74, 6) is 0.902. The Labute approximate surface area is 91.7 Å². The Morgan fingerprint density at radius 1 is 1.40 bits per heavy atom. The van der Waals surface area contributed by atoms with E-state index in [9.17, 15) is 0 Å². The summed E-state index contributed by atoms with van der Waals surface area (Å²) in [7, 11) is 2.11. The van der Waals surface area contributed by atoms with Crippen molar-refractivity contribution >= 4 is 5.82 Å². The van der Waals surface area contributed by atoms with Crippen molar-refractivity contribution in [1.82, 2.24) is 14.9 Å². The summed E-state index contributed by atoms with van der Waals surface area (Å²) in [6, 6.07) is 0. The van der Waals surface area contributed by atoms with Gasteiger partial charge in [0.15, 0.2) is 0 Å². The van der Waals surface area contributed by atoms with Crippen molar-refractivity contribution < 1.29 is 0 Å². The zero-order chi connectivity index (χ0) is 11.3. The van der Waals surface area contributed by atoms with Gasteiger partial charge in [0.25, 0.3) is 0 Å². The van der Waals surface area contributed by atoms with Crippen molar-refractivity contribution in [2.75, 3.05) is 32.0 Å². The van der Waals surface area contributed by atoms with E-state index in [1.165, 1.54) is 0 Å². The molecule has 0 fully saturated rings. The quantitative estimate of drug-likeness (QED) is 0.795. The SMILES string of the molecule is CCN(C)CCNc1nc(C)cnc1C. The minimum Gasteiger partial charge on any atom is -0.367 e. The first kappa shape index (κ1) is 11.9. The standard InChI is InChI=1S/C11H20N4/c1-5-15(4)7-6-12-11-10(3)13-8-9(2)14-11/h8H,5-7H2,1-4H3,(H,12,14). The molecule has 15 heavy (non-hydrogen) atoms. The average Bonchev–Trinajstić information content (AvgIpc) is 2.23. The van der Waals surface area contributed by atoms with Gasteiger partial charge in [-0.1, -0.05) is 6.92 Å². The zero-order valence-corrected chi connectivity index (χ0v) is 10.0. The summed E-state index contributed by atoms with van der Waals surface area (Å²) in [6.45, 7) is 9.07. The minimum absolute atomic E-state index is 0.902. The van der Waals surface area contributed by atoms with Gasteiger partial charge in [-0.15, -0.1) is 0 Å². The first-order valence-corrected chi connectivity index (χ1v) is 5.36. The van der Waals surface area contributed by atoms with Crippen LogP contribution in [0.3, 0.4) is 0 Å². The Morgan fingerprint density at radius 3 is 2.80 bits per heavy atom. The third-order valence-corrected chi connectivity index (χ3v) is 2.40. The van der Waals surface area contributed by atoms with Gasteiger partial charge in [0.05, 0.1) is 11.4 Å².